The van der Waals surface area contributed by atoms with Gasteiger partial charge in [0.2, 0.25) is 0 Å². The van der Waals surface area contributed by atoms with E-state index < -0.39 is 18.9 Å². The Morgan fingerprint density at radius 1 is 0.571 bits per heavy atom. The van der Waals surface area contributed by atoms with Gasteiger partial charge in [-0.25, -0.2) is 0 Å². The second-order valence-corrected chi connectivity index (χ2v) is 24.0. The molecule has 0 atom stereocenters. The van der Waals surface area contributed by atoms with Gasteiger partial charge in [0, 0.05) is 0 Å². The fourth-order valence-corrected chi connectivity index (χ4v) is 22.6. The first-order chi connectivity index (χ1) is 5.75. The van der Waals surface area contributed by atoms with Gasteiger partial charge in [0.25, 0.3) is 0 Å². The van der Waals surface area contributed by atoms with E-state index in [0.29, 0.717) is 0 Å². The first kappa shape index (κ1) is 14.7. The van der Waals surface area contributed by atoms with Crippen molar-refractivity contribution in [3.05, 3.63) is 0 Å². The van der Waals surface area contributed by atoms with Crippen LogP contribution in [-0.2, 0) is 0 Å². The van der Waals surface area contributed by atoms with E-state index >= 15 is 2.87 Å². The minimum atomic E-state index is -3.71. The van der Waals surface area contributed by atoms with Crippen molar-refractivity contribution in [3.8, 4) is 0 Å². The van der Waals surface area contributed by atoms with Gasteiger partial charge in [-0.2, -0.15) is 0 Å². The molecule has 0 aliphatic rings. The van der Waals surface area contributed by atoms with Crippen molar-refractivity contribution >= 4 is 18.9 Å². The van der Waals surface area contributed by atoms with Gasteiger partial charge >= 0.3 is 94.4 Å². The van der Waals surface area contributed by atoms with Crippen LogP contribution in [0.2, 0.25) is 10.3 Å². The van der Waals surface area contributed by atoms with Crippen LogP contribution < -0.4 is 0 Å². The molecular formula is C12H27FSn. The molecule has 0 aromatic carbocycles. The third-order valence-corrected chi connectivity index (χ3v) is 20.8. The van der Waals surface area contributed by atoms with Crippen LogP contribution in [0, 0.1) is 0 Å². The van der Waals surface area contributed by atoms with Crippen molar-refractivity contribution in [2.75, 3.05) is 0 Å². The molecule has 0 unspecified atom stereocenters. The van der Waals surface area contributed by atoms with Gasteiger partial charge in [0.05, 0.1) is 0 Å². The minimum absolute atomic E-state index is 0.134. The number of rotatable bonds is 0. The van der Waals surface area contributed by atoms with Crippen molar-refractivity contribution in [3.63, 3.8) is 0 Å². The normalized spacial score (nSPS) is 15.9. The fourth-order valence-electron chi connectivity index (χ4n) is 3.38. The molecular weight excluding hydrogens is 282 g/mol. The molecule has 0 amide bonds. The monoisotopic (exact) mass is 310 g/mol. The van der Waals surface area contributed by atoms with Crippen LogP contribution >= 0.6 is 0 Å². The Balaban J connectivity index is 5.54. The van der Waals surface area contributed by atoms with E-state index in [1.54, 1.807) is 0 Å². The topological polar surface area (TPSA) is 0 Å². The maximum atomic E-state index is 15.5. The molecule has 2 heteroatoms. The predicted molar refractivity (Wildman–Crippen MR) is 66.0 cm³/mol. The molecule has 0 bridgehead atoms. The Bertz CT molecular complexity index is 164. The molecule has 0 fully saturated rings. The van der Waals surface area contributed by atoms with Crippen LogP contribution in [0.5, 0.6) is 0 Å². The molecule has 0 radical (unpaired) electrons. The molecule has 0 nitrogen and oxygen atoms in total. The zero-order valence-electron chi connectivity index (χ0n) is 11.4. The molecule has 0 saturated carbocycles. The van der Waals surface area contributed by atoms with Gasteiger partial charge in [-0.1, -0.05) is 0 Å². The van der Waals surface area contributed by atoms with Crippen LogP contribution in [0.15, 0.2) is 0 Å². The molecule has 0 saturated heterocycles. The Kier molecular flexibility index (Phi) is 3.83. The average molecular weight is 309 g/mol. The van der Waals surface area contributed by atoms with Crippen molar-refractivity contribution in [2.45, 2.75) is 72.6 Å². The van der Waals surface area contributed by atoms with Gasteiger partial charge in [-0.3, -0.25) is 0 Å². The maximum absolute atomic E-state index is 15.5. The molecule has 14 heavy (non-hydrogen) atoms. The molecule has 0 heterocycles. The van der Waals surface area contributed by atoms with E-state index in [9.17, 15) is 0 Å². The van der Waals surface area contributed by atoms with E-state index in [-0.39, 0.29) is 10.3 Å². The second kappa shape index (κ2) is 3.64. The summed E-state index contributed by atoms with van der Waals surface area (Å²) in [6.45, 7) is 18.7. The van der Waals surface area contributed by atoms with Crippen molar-refractivity contribution < 1.29 is 2.87 Å². The third-order valence-electron chi connectivity index (χ3n) is 3.10. The van der Waals surface area contributed by atoms with Gasteiger partial charge in [0.15, 0.2) is 0 Å². The zero-order chi connectivity index (χ0) is 12.0. The van der Waals surface area contributed by atoms with Crippen molar-refractivity contribution in [1.29, 1.82) is 0 Å². The molecule has 86 valence electrons. The quantitative estimate of drug-likeness (QED) is 0.533. The van der Waals surface area contributed by atoms with Gasteiger partial charge in [0.1, 0.15) is 0 Å². The first-order valence-corrected chi connectivity index (χ1v) is 10.8. The van der Waals surface area contributed by atoms with E-state index in [2.05, 4.69) is 62.3 Å². The summed E-state index contributed by atoms with van der Waals surface area (Å²) in [5, 5.41) is 0. The van der Waals surface area contributed by atoms with Gasteiger partial charge in [-0.05, 0) is 0 Å². The van der Waals surface area contributed by atoms with Crippen molar-refractivity contribution in [1.82, 2.24) is 0 Å². The summed E-state index contributed by atoms with van der Waals surface area (Å²) in [4.78, 5) is 0. The van der Waals surface area contributed by atoms with Crippen LogP contribution in [0.25, 0.3) is 0 Å². The Hall–Kier alpha value is 0.729. The standard InChI is InChI=1S/3C4H9.FH.Sn/c3*1-4(2)3;;/h3*1-3H3;1H;/q;;;;+1/p-1. The summed E-state index contributed by atoms with van der Waals surface area (Å²) < 4.78 is 15.1. The fraction of sp³-hybridized carbons (Fsp3) is 1.00. The van der Waals surface area contributed by atoms with E-state index in [1.165, 1.54) is 0 Å². The SMILES string of the molecule is C[C](C)(C)[Sn]([F])([C](C)(C)C)[C](C)(C)C. The number of hydrogen-bond donors (Lipinski definition) is 0. The van der Waals surface area contributed by atoms with Crippen LogP contribution in [0.4, 0.5) is 2.87 Å². The Morgan fingerprint density at radius 3 is 0.714 bits per heavy atom. The van der Waals surface area contributed by atoms with E-state index in [0.717, 1.165) is 0 Å². The summed E-state index contributed by atoms with van der Waals surface area (Å²) >= 11 is -3.71. The number of hydrogen-bond acceptors (Lipinski definition) is 0. The average Bonchev–Trinajstić information content (AvgIpc) is 1.77. The summed E-state index contributed by atoms with van der Waals surface area (Å²) in [6, 6.07) is 0. The summed E-state index contributed by atoms with van der Waals surface area (Å²) in [5.41, 5.74) is 0. The van der Waals surface area contributed by atoms with Crippen LogP contribution in [0.1, 0.15) is 62.3 Å². The van der Waals surface area contributed by atoms with Gasteiger partial charge < -0.3 is 0 Å². The summed E-state index contributed by atoms with van der Waals surface area (Å²) in [5.74, 6) is 0. The van der Waals surface area contributed by atoms with Crippen LogP contribution in [0.3, 0.4) is 0 Å². The number of halogens is 1. The summed E-state index contributed by atoms with van der Waals surface area (Å²) in [6.07, 6.45) is 0. The molecule has 0 aliphatic heterocycles. The van der Waals surface area contributed by atoms with Crippen LogP contribution in [-0.4, -0.2) is 18.9 Å². The Morgan fingerprint density at radius 2 is 0.714 bits per heavy atom. The predicted octanol–water partition coefficient (Wildman–Crippen LogP) is 5.30. The zero-order valence-corrected chi connectivity index (χ0v) is 14.2. The molecule has 0 aromatic rings. The molecule has 0 aliphatic carbocycles. The second-order valence-electron chi connectivity index (χ2n) is 7.41. The molecule has 0 N–H and O–H groups in total. The van der Waals surface area contributed by atoms with E-state index in [4.69, 9.17) is 0 Å². The Labute approximate surface area is 94.3 Å². The van der Waals surface area contributed by atoms with Crippen molar-refractivity contribution in [2.24, 2.45) is 0 Å². The molecule has 0 spiro atoms. The third kappa shape index (κ3) is 2.28. The molecule has 0 rings (SSSR count). The van der Waals surface area contributed by atoms with Gasteiger partial charge in [-0.15, -0.1) is 0 Å². The van der Waals surface area contributed by atoms with E-state index in [1.807, 2.05) is 0 Å². The summed E-state index contributed by atoms with van der Waals surface area (Å²) in [7, 11) is 0. The molecule has 0 aromatic heterocycles. The first-order valence-electron chi connectivity index (χ1n) is 5.44.